The quantitative estimate of drug-likeness (QED) is 0.566. The molecular formula is C23H25NO4. The molecule has 0 aliphatic rings. The third kappa shape index (κ3) is 3.88. The Kier molecular flexibility index (Phi) is 5.73. The van der Waals surface area contributed by atoms with Gasteiger partial charge in [0, 0.05) is 42.8 Å². The van der Waals surface area contributed by atoms with E-state index in [1.54, 1.807) is 38.4 Å². The van der Waals surface area contributed by atoms with Crippen molar-refractivity contribution in [3.8, 4) is 22.6 Å². The molecule has 0 fully saturated rings. The van der Waals surface area contributed by atoms with Crippen LogP contribution in [0.5, 0.6) is 11.5 Å². The van der Waals surface area contributed by atoms with Crippen molar-refractivity contribution in [1.82, 2.24) is 4.90 Å². The maximum absolute atomic E-state index is 12.1. The van der Waals surface area contributed by atoms with Crippen molar-refractivity contribution < 1.29 is 18.7 Å². The SMILES string of the molecule is CCOc1cc2occ(-c3cccc(OC)c3)c2cc1/C(C)=C/C(=O)N(C)C. The molecule has 3 rings (SSSR count). The molecule has 1 heterocycles. The monoisotopic (exact) mass is 379 g/mol. The lowest BCUT2D eigenvalue weighted by molar-refractivity contribution is -0.123. The number of carbonyl (C=O) groups is 1. The van der Waals surface area contributed by atoms with Crippen LogP contribution in [0.15, 0.2) is 53.2 Å². The average Bonchev–Trinajstić information content (AvgIpc) is 3.10. The Bertz CT molecular complexity index is 1030. The summed E-state index contributed by atoms with van der Waals surface area (Å²) in [4.78, 5) is 13.7. The molecule has 0 unspecified atom stereocenters. The Morgan fingerprint density at radius 3 is 2.68 bits per heavy atom. The van der Waals surface area contributed by atoms with Gasteiger partial charge in [0.15, 0.2) is 0 Å². The van der Waals surface area contributed by atoms with E-state index in [2.05, 4.69) is 0 Å². The number of allylic oxidation sites excluding steroid dienone is 1. The Hall–Kier alpha value is -3.21. The van der Waals surface area contributed by atoms with Crippen molar-refractivity contribution in [2.24, 2.45) is 0 Å². The summed E-state index contributed by atoms with van der Waals surface area (Å²) in [5, 5.41) is 0.955. The van der Waals surface area contributed by atoms with Crippen LogP contribution >= 0.6 is 0 Å². The van der Waals surface area contributed by atoms with E-state index in [1.165, 1.54) is 0 Å². The van der Waals surface area contributed by atoms with Crippen LogP contribution in [0.1, 0.15) is 19.4 Å². The number of ether oxygens (including phenoxy) is 2. The van der Waals surface area contributed by atoms with Gasteiger partial charge >= 0.3 is 0 Å². The summed E-state index contributed by atoms with van der Waals surface area (Å²) in [5.74, 6) is 1.41. The third-order valence-corrected chi connectivity index (χ3v) is 4.56. The summed E-state index contributed by atoms with van der Waals surface area (Å²) in [6, 6.07) is 11.7. The maximum Gasteiger partial charge on any atom is 0.246 e. The summed E-state index contributed by atoms with van der Waals surface area (Å²) in [6.45, 7) is 4.37. The first-order chi connectivity index (χ1) is 13.4. The number of furan rings is 1. The van der Waals surface area contributed by atoms with Gasteiger partial charge in [-0.1, -0.05) is 12.1 Å². The fourth-order valence-electron chi connectivity index (χ4n) is 3.04. The van der Waals surface area contributed by atoms with Crippen molar-refractivity contribution in [2.45, 2.75) is 13.8 Å². The van der Waals surface area contributed by atoms with Crippen molar-refractivity contribution in [1.29, 1.82) is 0 Å². The number of benzene rings is 2. The molecule has 3 aromatic rings. The minimum Gasteiger partial charge on any atom is -0.497 e. The van der Waals surface area contributed by atoms with Crippen molar-refractivity contribution in [3.05, 3.63) is 54.3 Å². The Labute approximate surface area is 165 Å². The van der Waals surface area contributed by atoms with E-state index in [4.69, 9.17) is 13.9 Å². The maximum atomic E-state index is 12.1. The first-order valence-corrected chi connectivity index (χ1v) is 9.17. The molecule has 2 aromatic carbocycles. The first kappa shape index (κ1) is 19.5. The lowest BCUT2D eigenvalue weighted by Gasteiger charge is -2.13. The van der Waals surface area contributed by atoms with Crippen molar-refractivity contribution in [3.63, 3.8) is 0 Å². The molecule has 0 aliphatic heterocycles. The number of nitrogens with zero attached hydrogens (tertiary/aromatic N) is 1. The number of methoxy groups -OCH3 is 1. The number of rotatable bonds is 6. The van der Waals surface area contributed by atoms with Crippen LogP contribution in [-0.4, -0.2) is 38.6 Å². The lowest BCUT2D eigenvalue weighted by Crippen LogP contribution is -2.19. The van der Waals surface area contributed by atoms with Gasteiger partial charge in [-0.3, -0.25) is 4.79 Å². The second kappa shape index (κ2) is 8.21. The van der Waals surface area contributed by atoms with E-state index in [0.717, 1.165) is 39.0 Å². The molecule has 0 bridgehead atoms. The fraction of sp³-hybridized carbons (Fsp3) is 0.261. The van der Waals surface area contributed by atoms with Crippen LogP contribution in [-0.2, 0) is 4.79 Å². The standard InChI is InChI=1S/C23H25NO4/c1-6-27-21-13-22-19(12-18(21)15(2)10-23(25)24(3)4)20(14-28-22)16-8-7-9-17(11-16)26-5/h7-14H,6H2,1-5H3/b15-10+. The van der Waals surface area contributed by atoms with Crippen LogP contribution in [0.3, 0.4) is 0 Å². The van der Waals surface area contributed by atoms with Crippen LogP contribution in [0, 0.1) is 0 Å². The molecule has 0 radical (unpaired) electrons. The van der Waals surface area contributed by atoms with Gasteiger partial charge in [0.2, 0.25) is 5.91 Å². The molecule has 0 spiro atoms. The van der Waals surface area contributed by atoms with Crippen molar-refractivity contribution >= 4 is 22.4 Å². The van der Waals surface area contributed by atoms with Crippen LogP contribution < -0.4 is 9.47 Å². The second-order valence-electron chi connectivity index (χ2n) is 6.72. The number of fused-ring (bicyclic) bond motifs is 1. The van der Waals surface area contributed by atoms with Gasteiger partial charge in [0.25, 0.3) is 0 Å². The zero-order chi connectivity index (χ0) is 20.3. The first-order valence-electron chi connectivity index (χ1n) is 9.17. The van der Waals surface area contributed by atoms with E-state index in [9.17, 15) is 4.79 Å². The summed E-state index contributed by atoms with van der Waals surface area (Å²) >= 11 is 0. The highest BCUT2D eigenvalue weighted by molar-refractivity contribution is 6.00. The van der Waals surface area contributed by atoms with Gasteiger partial charge in [0.1, 0.15) is 17.1 Å². The van der Waals surface area contributed by atoms with E-state index >= 15 is 0 Å². The highest BCUT2D eigenvalue weighted by atomic mass is 16.5. The van der Waals surface area contributed by atoms with Gasteiger partial charge in [0.05, 0.1) is 20.0 Å². The zero-order valence-electron chi connectivity index (χ0n) is 16.9. The van der Waals surface area contributed by atoms with Gasteiger partial charge in [-0.25, -0.2) is 0 Å². The number of likely N-dealkylation sites (N-methyl/N-ethyl adjacent to an activating group) is 1. The Morgan fingerprint density at radius 1 is 1.21 bits per heavy atom. The van der Waals surface area contributed by atoms with Gasteiger partial charge in [-0.2, -0.15) is 0 Å². The largest absolute Gasteiger partial charge is 0.497 e. The highest BCUT2D eigenvalue weighted by Gasteiger charge is 2.16. The molecule has 5 nitrogen and oxygen atoms in total. The number of carbonyl (C=O) groups excluding carboxylic acids is 1. The second-order valence-corrected chi connectivity index (χ2v) is 6.72. The summed E-state index contributed by atoms with van der Waals surface area (Å²) in [5.41, 5.74) is 4.40. The van der Waals surface area contributed by atoms with Crippen LogP contribution in [0.2, 0.25) is 0 Å². The van der Waals surface area contributed by atoms with E-state index in [1.807, 2.05) is 50.2 Å². The van der Waals surface area contributed by atoms with Gasteiger partial charge in [-0.15, -0.1) is 0 Å². The summed E-state index contributed by atoms with van der Waals surface area (Å²) < 4.78 is 17.0. The normalized spacial score (nSPS) is 11.5. The molecule has 1 amide bonds. The molecule has 0 saturated carbocycles. The topological polar surface area (TPSA) is 51.9 Å². The number of hydrogen-bond donors (Lipinski definition) is 0. The molecular weight excluding hydrogens is 354 g/mol. The van der Waals surface area contributed by atoms with Crippen molar-refractivity contribution in [2.75, 3.05) is 27.8 Å². The Balaban J connectivity index is 2.17. The highest BCUT2D eigenvalue weighted by Crippen LogP contribution is 2.38. The smallest absolute Gasteiger partial charge is 0.246 e. The van der Waals surface area contributed by atoms with E-state index in [0.29, 0.717) is 12.4 Å². The molecule has 146 valence electrons. The van der Waals surface area contributed by atoms with E-state index < -0.39 is 0 Å². The molecule has 0 aliphatic carbocycles. The van der Waals surface area contributed by atoms with Crippen LogP contribution in [0.4, 0.5) is 0 Å². The molecule has 5 heteroatoms. The molecule has 28 heavy (non-hydrogen) atoms. The Morgan fingerprint density at radius 2 is 2.00 bits per heavy atom. The molecule has 0 N–H and O–H groups in total. The third-order valence-electron chi connectivity index (χ3n) is 4.56. The molecule has 1 aromatic heterocycles. The molecule has 0 saturated heterocycles. The average molecular weight is 379 g/mol. The summed E-state index contributed by atoms with van der Waals surface area (Å²) in [6.07, 6.45) is 3.36. The van der Waals surface area contributed by atoms with E-state index in [-0.39, 0.29) is 5.91 Å². The fourth-order valence-corrected chi connectivity index (χ4v) is 3.04. The number of amides is 1. The number of hydrogen-bond acceptors (Lipinski definition) is 4. The zero-order valence-corrected chi connectivity index (χ0v) is 16.9. The lowest BCUT2D eigenvalue weighted by atomic mass is 9.99. The molecule has 0 atom stereocenters. The minimum atomic E-state index is -0.0692. The predicted octanol–water partition coefficient (Wildman–Crippen LogP) is 5.00. The predicted molar refractivity (Wildman–Crippen MR) is 112 cm³/mol. The van der Waals surface area contributed by atoms with Crippen LogP contribution in [0.25, 0.3) is 27.7 Å². The summed E-state index contributed by atoms with van der Waals surface area (Å²) in [7, 11) is 5.11. The van der Waals surface area contributed by atoms with Gasteiger partial charge < -0.3 is 18.8 Å². The minimum absolute atomic E-state index is 0.0692. The van der Waals surface area contributed by atoms with Gasteiger partial charge in [-0.05, 0) is 43.2 Å².